The smallest absolute Gasteiger partial charge is 0.269 e. The molecule has 0 heterocycles. The molecule has 0 spiro atoms. The van der Waals surface area contributed by atoms with Crippen molar-refractivity contribution in [3.63, 3.8) is 0 Å². The average molecular weight is 510 g/mol. The third-order valence-electron chi connectivity index (χ3n) is 4.48. The second-order valence-electron chi connectivity index (χ2n) is 6.84. The van der Waals surface area contributed by atoms with Crippen LogP contribution in [0.2, 0.25) is 0 Å². The van der Waals surface area contributed by atoms with Crippen LogP contribution < -0.4 is 15.4 Å². The fraction of sp³-hybridized carbons (Fsp3) is 0.381. The Bertz CT molecular complexity index is 840. The molecule has 2 N–H and O–H groups in total. The van der Waals surface area contributed by atoms with Crippen molar-refractivity contribution in [2.45, 2.75) is 32.9 Å². The summed E-state index contributed by atoms with van der Waals surface area (Å²) in [7, 11) is 0. The Labute approximate surface area is 188 Å². The number of para-hydroxylation sites is 1. The number of nitro groups is 1. The van der Waals surface area contributed by atoms with Gasteiger partial charge in [0.15, 0.2) is 5.96 Å². The number of ether oxygens (including phenoxy) is 1. The van der Waals surface area contributed by atoms with E-state index in [-0.39, 0.29) is 29.7 Å². The number of nitro benzene ring substituents is 1. The number of non-ortho nitro benzene ring substituents is 1. The number of guanidine groups is 1. The van der Waals surface area contributed by atoms with Crippen molar-refractivity contribution in [1.29, 1.82) is 0 Å². The van der Waals surface area contributed by atoms with Crippen molar-refractivity contribution in [3.8, 4) is 5.75 Å². The molecule has 2 aromatic carbocycles. The lowest BCUT2D eigenvalue weighted by Crippen LogP contribution is -2.36. The van der Waals surface area contributed by atoms with Crippen LogP contribution in [-0.4, -0.2) is 24.0 Å². The van der Waals surface area contributed by atoms with Crippen LogP contribution in [0.1, 0.15) is 30.9 Å². The van der Waals surface area contributed by atoms with Gasteiger partial charge in [-0.3, -0.25) is 10.1 Å². The van der Waals surface area contributed by atoms with Crippen molar-refractivity contribution in [2.24, 2.45) is 10.9 Å². The maximum Gasteiger partial charge on any atom is 0.269 e. The molecule has 0 unspecified atom stereocenters. The second kappa shape index (κ2) is 11.6. The molecular weight excluding hydrogens is 483 g/mol. The normalized spacial score (nSPS) is 13.3. The first-order valence-electron chi connectivity index (χ1n) is 9.62. The molecule has 0 radical (unpaired) electrons. The summed E-state index contributed by atoms with van der Waals surface area (Å²) in [5.41, 5.74) is 1.94. The van der Waals surface area contributed by atoms with Gasteiger partial charge in [-0.1, -0.05) is 30.3 Å². The Morgan fingerprint density at radius 2 is 2.00 bits per heavy atom. The standard InChI is InChI=1S/C21H26N4O3.HI/c1-2-22-21(23-13-17-6-5-8-19(12-17)25(26)27)24-14-18-7-3-4-9-20(18)28-15-16-10-11-16;/h3-9,12,16H,2,10-11,13-15H2,1H3,(H2,22,23,24);1H. The van der Waals surface area contributed by atoms with E-state index in [0.29, 0.717) is 25.0 Å². The zero-order valence-corrected chi connectivity index (χ0v) is 18.8. The van der Waals surface area contributed by atoms with E-state index in [4.69, 9.17) is 4.74 Å². The van der Waals surface area contributed by atoms with Gasteiger partial charge in [-0.2, -0.15) is 0 Å². The summed E-state index contributed by atoms with van der Waals surface area (Å²) >= 11 is 0. The molecule has 0 saturated heterocycles. The number of halogens is 1. The number of benzene rings is 2. The summed E-state index contributed by atoms with van der Waals surface area (Å²) in [6.45, 7) is 4.44. The highest BCUT2D eigenvalue weighted by molar-refractivity contribution is 14.0. The number of nitrogens with one attached hydrogen (secondary N) is 2. The maximum atomic E-state index is 10.9. The van der Waals surface area contributed by atoms with E-state index in [1.165, 1.54) is 18.9 Å². The van der Waals surface area contributed by atoms with E-state index >= 15 is 0 Å². The van der Waals surface area contributed by atoms with Crippen molar-refractivity contribution in [3.05, 3.63) is 69.8 Å². The molecule has 3 rings (SSSR count). The molecule has 0 aromatic heterocycles. The zero-order valence-electron chi connectivity index (χ0n) is 16.5. The fourth-order valence-corrected chi connectivity index (χ4v) is 2.74. The van der Waals surface area contributed by atoms with Crippen LogP contribution in [0.5, 0.6) is 5.75 Å². The van der Waals surface area contributed by atoms with Gasteiger partial charge in [0.05, 0.1) is 18.1 Å². The highest BCUT2D eigenvalue weighted by Crippen LogP contribution is 2.30. The van der Waals surface area contributed by atoms with Crippen LogP contribution in [0.25, 0.3) is 0 Å². The van der Waals surface area contributed by atoms with Crippen molar-refractivity contribution >= 4 is 35.6 Å². The fourth-order valence-electron chi connectivity index (χ4n) is 2.74. The van der Waals surface area contributed by atoms with Crippen LogP contribution in [-0.2, 0) is 13.1 Å². The van der Waals surface area contributed by atoms with Crippen LogP contribution in [0.3, 0.4) is 0 Å². The molecule has 1 aliphatic rings. The molecule has 7 nitrogen and oxygen atoms in total. The van der Waals surface area contributed by atoms with Gasteiger partial charge in [0, 0.05) is 30.8 Å². The second-order valence-corrected chi connectivity index (χ2v) is 6.84. The number of aliphatic imine (C=N–C) groups is 1. The van der Waals surface area contributed by atoms with E-state index in [1.807, 2.05) is 37.3 Å². The number of nitrogens with zero attached hydrogens (tertiary/aromatic N) is 2. The summed E-state index contributed by atoms with van der Waals surface area (Å²) < 4.78 is 5.95. The average Bonchev–Trinajstić information content (AvgIpc) is 3.54. The van der Waals surface area contributed by atoms with Crippen LogP contribution >= 0.6 is 24.0 Å². The van der Waals surface area contributed by atoms with Crippen LogP contribution in [0.15, 0.2) is 53.5 Å². The van der Waals surface area contributed by atoms with Crippen molar-refractivity contribution in [2.75, 3.05) is 13.2 Å². The SMILES string of the molecule is CCNC(=NCc1cccc([N+](=O)[O-])c1)NCc1ccccc1OCC1CC1.I. The van der Waals surface area contributed by atoms with Gasteiger partial charge in [0.2, 0.25) is 0 Å². The first kappa shape index (κ1) is 22.9. The van der Waals surface area contributed by atoms with E-state index in [9.17, 15) is 10.1 Å². The minimum atomic E-state index is -0.394. The van der Waals surface area contributed by atoms with Crippen molar-refractivity contribution in [1.82, 2.24) is 10.6 Å². The lowest BCUT2D eigenvalue weighted by molar-refractivity contribution is -0.384. The number of hydrogen-bond acceptors (Lipinski definition) is 4. The summed E-state index contributed by atoms with van der Waals surface area (Å²) in [6, 6.07) is 14.6. The molecule has 29 heavy (non-hydrogen) atoms. The highest BCUT2D eigenvalue weighted by atomic mass is 127. The van der Waals surface area contributed by atoms with Gasteiger partial charge in [-0.25, -0.2) is 4.99 Å². The lowest BCUT2D eigenvalue weighted by atomic mass is 10.2. The van der Waals surface area contributed by atoms with Gasteiger partial charge in [-0.15, -0.1) is 24.0 Å². The zero-order chi connectivity index (χ0) is 19.8. The summed E-state index contributed by atoms with van der Waals surface area (Å²) in [5, 5.41) is 17.4. The van der Waals surface area contributed by atoms with Crippen LogP contribution in [0.4, 0.5) is 5.69 Å². The number of rotatable bonds is 9. The Kier molecular flexibility index (Phi) is 9.17. The summed E-state index contributed by atoms with van der Waals surface area (Å²) in [4.78, 5) is 15.1. The molecule has 2 aromatic rings. The maximum absolute atomic E-state index is 10.9. The van der Waals surface area contributed by atoms with Gasteiger partial charge < -0.3 is 15.4 Å². The molecule has 0 bridgehead atoms. The highest BCUT2D eigenvalue weighted by Gasteiger charge is 2.22. The van der Waals surface area contributed by atoms with Crippen molar-refractivity contribution < 1.29 is 9.66 Å². The van der Waals surface area contributed by atoms with Gasteiger partial charge in [-0.05, 0) is 37.3 Å². The first-order valence-corrected chi connectivity index (χ1v) is 9.62. The molecule has 0 amide bonds. The van der Waals surface area contributed by atoms with E-state index in [0.717, 1.165) is 30.0 Å². The molecular formula is C21H27IN4O3. The predicted molar refractivity (Wildman–Crippen MR) is 125 cm³/mol. The molecule has 0 atom stereocenters. The summed E-state index contributed by atoms with van der Waals surface area (Å²) in [6.07, 6.45) is 2.52. The topological polar surface area (TPSA) is 88.8 Å². The molecule has 0 aliphatic heterocycles. The molecule has 1 saturated carbocycles. The minimum absolute atomic E-state index is 0. The Hall–Kier alpha value is -2.36. The van der Waals surface area contributed by atoms with Gasteiger partial charge in [0.25, 0.3) is 5.69 Å². The van der Waals surface area contributed by atoms with Crippen LogP contribution in [0, 0.1) is 16.0 Å². The van der Waals surface area contributed by atoms with Gasteiger partial charge in [0.1, 0.15) is 5.75 Å². The first-order chi connectivity index (χ1) is 13.7. The lowest BCUT2D eigenvalue weighted by Gasteiger charge is -2.14. The quantitative estimate of drug-likeness (QED) is 0.173. The largest absolute Gasteiger partial charge is 0.493 e. The summed E-state index contributed by atoms with van der Waals surface area (Å²) in [5.74, 6) is 2.26. The Morgan fingerprint density at radius 1 is 1.21 bits per heavy atom. The third-order valence-corrected chi connectivity index (χ3v) is 4.48. The van der Waals surface area contributed by atoms with Gasteiger partial charge >= 0.3 is 0 Å². The minimum Gasteiger partial charge on any atom is -0.493 e. The monoisotopic (exact) mass is 510 g/mol. The Morgan fingerprint density at radius 3 is 2.72 bits per heavy atom. The predicted octanol–water partition coefficient (Wildman–Crippen LogP) is 4.26. The molecule has 8 heteroatoms. The Balaban J connectivity index is 0.00000300. The third kappa shape index (κ3) is 7.52. The molecule has 156 valence electrons. The number of hydrogen-bond donors (Lipinski definition) is 2. The molecule has 1 fully saturated rings. The van der Waals surface area contributed by atoms with E-state index in [1.54, 1.807) is 12.1 Å². The molecule has 1 aliphatic carbocycles. The van der Waals surface area contributed by atoms with E-state index < -0.39 is 4.92 Å². The van der Waals surface area contributed by atoms with E-state index in [2.05, 4.69) is 15.6 Å².